The first kappa shape index (κ1) is 30.6. The second-order valence-electron chi connectivity index (χ2n) is 9.01. The van der Waals surface area contributed by atoms with Gasteiger partial charge < -0.3 is 5.32 Å². The number of hydrogen-bond donors (Lipinski definition) is 1. The number of aromatic nitrogens is 2. The summed E-state index contributed by atoms with van der Waals surface area (Å²) in [6.07, 6.45) is -0.536. The standard InChI is InChI=1S/C24H24Cl2F3N3O2S.C2H7N/c1-2-35(34)20-7-6-16(25)10-15(20)12-32-14-30-22-17(23(32)33)11-19(24(27,28)29)18(21(22)26)13-31-8-4-3-5-9-31;1-3-2/h6-7,10-11,14H,2-5,8-9,12-13H2,1H3;3H,1-2H3. The second kappa shape index (κ2) is 13.4. The van der Waals surface area contributed by atoms with Crippen LogP contribution < -0.4 is 10.9 Å². The van der Waals surface area contributed by atoms with E-state index in [4.69, 9.17) is 23.2 Å². The lowest BCUT2D eigenvalue weighted by atomic mass is 10.0. The van der Waals surface area contributed by atoms with Crippen LogP contribution >= 0.6 is 23.2 Å². The number of piperidine rings is 1. The molecule has 0 bridgehead atoms. The van der Waals surface area contributed by atoms with Crippen molar-refractivity contribution in [3.63, 3.8) is 0 Å². The fraction of sp³-hybridized carbons (Fsp3) is 0.462. The number of likely N-dealkylation sites (tertiary alicyclic amines) is 1. The second-order valence-corrected chi connectivity index (χ2v) is 11.5. The van der Waals surface area contributed by atoms with Crippen LogP contribution in [0.15, 0.2) is 40.3 Å². The lowest BCUT2D eigenvalue weighted by Crippen LogP contribution is -2.30. The molecule has 1 N–H and O–H groups in total. The van der Waals surface area contributed by atoms with Crippen LogP contribution in [0.5, 0.6) is 0 Å². The van der Waals surface area contributed by atoms with E-state index in [0.29, 0.717) is 34.3 Å². The molecule has 1 aliphatic heterocycles. The number of halogens is 5. The Morgan fingerprint density at radius 3 is 2.34 bits per heavy atom. The van der Waals surface area contributed by atoms with E-state index in [0.717, 1.165) is 25.3 Å². The highest BCUT2D eigenvalue weighted by atomic mass is 35.5. The van der Waals surface area contributed by atoms with Crippen LogP contribution in [0.4, 0.5) is 13.2 Å². The van der Waals surface area contributed by atoms with Crippen LogP contribution in [0.1, 0.15) is 42.9 Å². The molecule has 0 radical (unpaired) electrons. The largest absolute Gasteiger partial charge is 0.416 e. The zero-order valence-electron chi connectivity index (χ0n) is 21.5. The van der Waals surface area contributed by atoms with E-state index in [9.17, 15) is 22.2 Å². The summed E-state index contributed by atoms with van der Waals surface area (Å²) in [5, 5.41) is 2.77. The fourth-order valence-electron chi connectivity index (χ4n) is 4.40. The third-order valence-corrected chi connectivity index (χ3v) is 8.22. The van der Waals surface area contributed by atoms with Gasteiger partial charge in [-0.2, -0.15) is 13.2 Å². The summed E-state index contributed by atoms with van der Waals surface area (Å²) in [5.74, 6) is 0.365. The minimum atomic E-state index is -4.69. The maximum atomic E-state index is 14.1. The Labute approximate surface area is 232 Å². The summed E-state index contributed by atoms with van der Waals surface area (Å²) >= 11 is 12.6. The molecule has 0 saturated carbocycles. The fourth-order valence-corrected chi connectivity index (χ4v) is 5.85. The maximum absolute atomic E-state index is 14.1. The maximum Gasteiger partial charge on any atom is 0.416 e. The third-order valence-electron chi connectivity index (χ3n) is 6.17. The predicted octanol–water partition coefficient (Wildman–Crippen LogP) is 5.72. The Hall–Kier alpha value is -1.98. The van der Waals surface area contributed by atoms with Crippen LogP contribution in [0, 0.1) is 0 Å². The quantitative estimate of drug-likeness (QED) is 0.398. The van der Waals surface area contributed by atoms with E-state index in [1.54, 1.807) is 25.1 Å². The van der Waals surface area contributed by atoms with Gasteiger partial charge in [0.15, 0.2) is 0 Å². The minimum Gasteiger partial charge on any atom is -0.323 e. The van der Waals surface area contributed by atoms with Crippen molar-refractivity contribution in [3.8, 4) is 0 Å². The summed E-state index contributed by atoms with van der Waals surface area (Å²) in [7, 11) is 2.44. The molecular weight excluding hydrogens is 560 g/mol. The van der Waals surface area contributed by atoms with Crippen molar-refractivity contribution in [1.82, 2.24) is 19.8 Å². The lowest BCUT2D eigenvalue weighted by Gasteiger charge is -2.28. The van der Waals surface area contributed by atoms with Crippen molar-refractivity contribution in [1.29, 1.82) is 0 Å². The Kier molecular flexibility index (Phi) is 10.8. The Balaban J connectivity index is 0.00000127. The SMILES string of the molecule is CCS(=O)c1ccc(Cl)cc1Cn1cnc2c(Cl)c(CN3CCCCC3)c(C(F)(F)F)cc2c1=O.CNC. The first-order valence-electron chi connectivity index (χ1n) is 12.3. The molecule has 4 rings (SSSR count). The number of alkyl halides is 3. The van der Waals surface area contributed by atoms with Crippen molar-refractivity contribution in [2.45, 2.75) is 50.3 Å². The first-order chi connectivity index (χ1) is 18.0. The van der Waals surface area contributed by atoms with Gasteiger partial charge in [-0.15, -0.1) is 0 Å². The van der Waals surface area contributed by atoms with E-state index in [1.165, 1.54) is 10.9 Å². The Morgan fingerprint density at radius 1 is 1.08 bits per heavy atom. The molecule has 1 atom stereocenters. The van der Waals surface area contributed by atoms with E-state index >= 15 is 0 Å². The lowest BCUT2D eigenvalue weighted by molar-refractivity contribution is -0.138. The number of nitrogens with one attached hydrogen (secondary N) is 1. The molecule has 1 aromatic heterocycles. The van der Waals surface area contributed by atoms with Crippen molar-refractivity contribution in [2.24, 2.45) is 0 Å². The van der Waals surface area contributed by atoms with Gasteiger partial charge in [0.2, 0.25) is 0 Å². The summed E-state index contributed by atoms with van der Waals surface area (Å²) in [6, 6.07) is 5.68. The molecule has 3 aromatic rings. The highest BCUT2D eigenvalue weighted by Gasteiger charge is 2.36. The molecule has 2 heterocycles. The number of rotatable bonds is 6. The van der Waals surface area contributed by atoms with Gasteiger partial charge in [0.25, 0.3) is 5.56 Å². The van der Waals surface area contributed by atoms with Gasteiger partial charge >= 0.3 is 6.18 Å². The number of fused-ring (bicyclic) bond motifs is 1. The molecule has 1 fully saturated rings. The van der Waals surface area contributed by atoms with Crippen LogP contribution in [0.2, 0.25) is 10.0 Å². The van der Waals surface area contributed by atoms with Crippen LogP contribution in [0.25, 0.3) is 10.9 Å². The molecule has 38 heavy (non-hydrogen) atoms. The summed E-state index contributed by atoms with van der Waals surface area (Å²) in [4.78, 5) is 20.0. The highest BCUT2D eigenvalue weighted by molar-refractivity contribution is 7.85. The number of nitrogens with zero attached hydrogens (tertiary/aromatic N) is 3. The van der Waals surface area contributed by atoms with Gasteiger partial charge in [0.1, 0.15) is 0 Å². The van der Waals surface area contributed by atoms with Crippen molar-refractivity contribution in [2.75, 3.05) is 32.9 Å². The number of hydrogen-bond acceptors (Lipinski definition) is 5. The topological polar surface area (TPSA) is 67.2 Å². The van der Waals surface area contributed by atoms with Crippen LogP contribution in [-0.4, -0.2) is 51.6 Å². The molecule has 208 valence electrons. The first-order valence-corrected chi connectivity index (χ1v) is 14.3. The average Bonchev–Trinajstić information content (AvgIpc) is 2.87. The Bertz CT molecular complexity index is 1360. The molecule has 1 unspecified atom stereocenters. The normalized spacial score (nSPS) is 15.3. The monoisotopic (exact) mass is 590 g/mol. The van der Waals surface area contributed by atoms with E-state index in [-0.39, 0.29) is 34.6 Å². The molecule has 0 aliphatic carbocycles. The van der Waals surface area contributed by atoms with Gasteiger partial charge in [-0.25, -0.2) is 4.98 Å². The van der Waals surface area contributed by atoms with Gasteiger partial charge in [0.05, 0.1) is 45.2 Å². The van der Waals surface area contributed by atoms with Gasteiger partial charge in [-0.1, -0.05) is 36.5 Å². The van der Waals surface area contributed by atoms with E-state index in [1.807, 2.05) is 19.0 Å². The molecule has 0 spiro atoms. The zero-order chi connectivity index (χ0) is 28.0. The van der Waals surface area contributed by atoms with E-state index in [2.05, 4.69) is 10.3 Å². The Morgan fingerprint density at radius 2 is 1.74 bits per heavy atom. The summed E-state index contributed by atoms with van der Waals surface area (Å²) < 4.78 is 55.8. The smallest absolute Gasteiger partial charge is 0.323 e. The zero-order valence-corrected chi connectivity index (χ0v) is 23.8. The highest BCUT2D eigenvalue weighted by Crippen LogP contribution is 2.39. The molecule has 0 amide bonds. The molecule has 1 saturated heterocycles. The third kappa shape index (κ3) is 7.15. The predicted molar refractivity (Wildman–Crippen MR) is 148 cm³/mol. The molecular formula is C26H31Cl2F3N4O2S. The molecule has 6 nitrogen and oxygen atoms in total. The van der Waals surface area contributed by atoms with Crippen molar-refractivity contribution < 1.29 is 17.4 Å². The minimum absolute atomic E-state index is 0.0383. The van der Waals surface area contributed by atoms with Crippen LogP contribution in [0.3, 0.4) is 0 Å². The van der Waals surface area contributed by atoms with Crippen molar-refractivity contribution in [3.05, 3.63) is 67.7 Å². The van der Waals surface area contributed by atoms with Gasteiger partial charge in [0, 0.05) is 22.2 Å². The van der Waals surface area contributed by atoms with Crippen LogP contribution in [-0.2, 0) is 30.1 Å². The average molecular weight is 592 g/mol. The van der Waals surface area contributed by atoms with Gasteiger partial charge in [-0.05, 0) is 75.4 Å². The number of benzene rings is 2. The van der Waals surface area contributed by atoms with E-state index < -0.39 is 28.1 Å². The molecule has 12 heteroatoms. The molecule has 2 aromatic carbocycles. The summed E-state index contributed by atoms with van der Waals surface area (Å²) in [5.41, 5.74) is -1.08. The molecule has 1 aliphatic rings. The summed E-state index contributed by atoms with van der Waals surface area (Å²) in [6.45, 7) is 3.16. The van der Waals surface area contributed by atoms with Gasteiger partial charge in [-0.3, -0.25) is 18.5 Å². The van der Waals surface area contributed by atoms with Crippen molar-refractivity contribution >= 4 is 44.9 Å².